The van der Waals surface area contributed by atoms with Gasteiger partial charge in [-0.05, 0) is 50.9 Å². The number of guanidine groups is 1. The van der Waals surface area contributed by atoms with E-state index in [1.807, 2.05) is 18.2 Å². The van der Waals surface area contributed by atoms with Gasteiger partial charge in [-0.2, -0.15) is 0 Å². The Balaban J connectivity index is 1.66. The molecule has 1 aliphatic carbocycles. The second kappa shape index (κ2) is 7.77. The van der Waals surface area contributed by atoms with Gasteiger partial charge in [0.2, 0.25) is 0 Å². The summed E-state index contributed by atoms with van der Waals surface area (Å²) in [6, 6.07) is 5.74. The third kappa shape index (κ3) is 4.22. The lowest BCUT2D eigenvalue weighted by molar-refractivity contribution is 0.0408. The molecule has 0 spiro atoms. The predicted octanol–water partition coefficient (Wildman–Crippen LogP) is 3.00. The van der Waals surface area contributed by atoms with E-state index in [1.165, 1.54) is 64.5 Å². The minimum atomic E-state index is 0.231. The lowest BCUT2D eigenvalue weighted by Gasteiger charge is -2.47. The third-order valence-electron chi connectivity index (χ3n) is 5.28. The Morgan fingerprint density at radius 2 is 1.87 bits per heavy atom. The zero-order valence-electron chi connectivity index (χ0n) is 14.0. The summed E-state index contributed by atoms with van der Waals surface area (Å²) < 4.78 is 0. The number of nitrogens with zero attached hydrogens (tertiary/aromatic N) is 3. The molecule has 0 radical (unpaired) electrons. The molecule has 1 aliphatic heterocycles. The van der Waals surface area contributed by atoms with Crippen LogP contribution in [-0.4, -0.2) is 41.0 Å². The number of anilines is 1. The highest BCUT2D eigenvalue weighted by Gasteiger charge is 2.38. The Labute approximate surface area is 139 Å². The first kappa shape index (κ1) is 16.2. The van der Waals surface area contributed by atoms with Gasteiger partial charge in [0.05, 0.1) is 6.54 Å². The quantitative estimate of drug-likeness (QED) is 0.662. The van der Waals surface area contributed by atoms with E-state index in [-0.39, 0.29) is 5.54 Å². The van der Waals surface area contributed by atoms with Crippen LogP contribution in [0, 0.1) is 0 Å². The van der Waals surface area contributed by atoms with Crippen molar-refractivity contribution >= 4 is 11.8 Å². The van der Waals surface area contributed by atoms with Crippen molar-refractivity contribution in [3.05, 3.63) is 24.4 Å². The third-order valence-corrected chi connectivity index (χ3v) is 5.28. The van der Waals surface area contributed by atoms with Gasteiger partial charge in [-0.25, -0.2) is 4.98 Å². The van der Waals surface area contributed by atoms with Gasteiger partial charge in [-0.15, -0.1) is 0 Å². The normalized spacial score (nSPS) is 22.7. The lowest BCUT2D eigenvalue weighted by Crippen LogP contribution is -2.54. The van der Waals surface area contributed by atoms with E-state index in [2.05, 4.69) is 15.2 Å². The van der Waals surface area contributed by atoms with Crippen molar-refractivity contribution in [2.75, 3.05) is 25.0 Å². The SMILES string of the molecule is NC(=NCC1(N2CCCCC2)CCCCC1)Nc1ccccn1. The molecule has 1 aromatic rings. The molecular formula is C18H29N5. The summed E-state index contributed by atoms with van der Waals surface area (Å²) in [5.74, 6) is 1.23. The second-order valence-electron chi connectivity index (χ2n) is 6.87. The fraction of sp³-hybridized carbons (Fsp3) is 0.667. The molecule has 0 aromatic carbocycles. The minimum absolute atomic E-state index is 0.231. The minimum Gasteiger partial charge on any atom is -0.370 e. The van der Waals surface area contributed by atoms with E-state index in [1.54, 1.807) is 6.20 Å². The van der Waals surface area contributed by atoms with Crippen molar-refractivity contribution < 1.29 is 0 Å². The maximum Gasteiger partial charge on any atom is 0.194 e. The zero-order valence-corrected chi connectivity index (χ0v) is 14.0. The van der Waals surface area contributed by atoms with Gasteiger partial charge in [0.15, 0.2) is 5.96 Å². The molecule has 2 heterocycles. The van der Waals surface area contributed by atoms with Crippen LogP contribution in [0.3, 0.4) is 0 Å². The summed E-state index contributed by atoms with van der Waals surface area (Å²) in [5.41, 5.74) is 6.32. The van der Waals surface area contributed by atoms with Gasteiger partial charge in [0, 0.05) is 11.7 Å². The van der Waals surface area contributed by atoms with Crippen molar-refractivity contribution in [1.82, 2.24) is 9.88 Å². The van der Waals surface area contributed by atoms with Crippen LogP contribution in [0.2, 0.25) is 0 Å². The molecule has 3 rings (SSSR count). The van der Waals surface area contributed by atoms with Crippen LogP contribution in [-0.2, 0) is 0 Å². The van der Waals surface area contributed by atoms with Crippen molar-refractivity contribution in [3.63, 3.8) is 0 Å². The molecule has 0 amide bonds. The van der Waals surface area contributed by atoms with Crippen LogP contribution >= 0.6 is 0 Å². The summed E-state index contributed by atoms with van der Waals surface area (Å²) in [6.45, 7) is 3.25. The molecule has 0 unspecified atom stereocenters. The van der Waals surface area contributed by atoms with Crippen LogP contribution in [0.1, 0.15) is 51.4 Å². The molecule has 2 fully saturated rings. The maximum absolute atomic E-state index is 6.09. The number of rotatable bonds is 4. The summed E-state index contributed by atoms with van der Waals surface area (Å²) in [7, 11) is 0. The molecule has 5 nitrogen and oxygen atoms in total. The fourth-order valence-corrected chi connectivity index (χ4v) is 3.99. The maximum atomic E-state index is 6.09. The molecule has 5 heteroatoms. The van der Waals surface area contributed by atoms with E-state index >= 15 is 0 Å². The van der Waals surface area contributed by atoms with E-state index in [4.69, 9.17) is 10.7 Å². The van der Waals surface area contributed by atoms with Crippen molar-refractivity contribution in [3.8, 4) is 0 Å². The number of nitrogens with two attached hydrogens (primary N) is 1. The van der Waals surface area contributed by atoms with Gasteiger partial charge in [-0.3, -0.25) is 9.89 Å². The molecule has 23 heavy (non-hydrogen) atoms. The van der Waals surface area contributed by atoms with Crippen LogP contribution < -0.4 is 11.1 Å². The first-order valence-electron chi connectivity index (χ1n) is 9.02. The Morgan fingerprint density at radius 1 is 1.13 bits per heavy atom. The van der Waals surface area contributed by atoms with Gasteiger partial charge >= 0.3 is 0 Å². The Bertz CT molecular complexity index is 501. The number of aromatic nitrogens is 1. The van der Waals surface area contributed by atoms with Crippen LogP contribution in [0.25, 0.3) is 0 Å². The van der Waals surface area contributed by atoms with E-state index < -0.39 is 0 Å². The number of likely N-dealkylation sites (tertiary alicyclic amines) is 1. The summed E-state index contributed by atoms with van der Waals surface area (Å²) in [5, 5.41) is 3.10. The summed E-state index contributed by atoms with van der Waals surface area (Å²) in [4.78, 5) is 11.6. The van der Waals surface area contributed by atoms with E-state index in [9.17, 15) is 0 Å². The van der Waals surface area contributed by atoms with Gasteiger partial charge < -0.3 is 11.1 Å². The average molecular weight is 315 g/mol. The summed E-state index contributed by atoms with van der Waals surface area (Å²) >= 11 is 0. The molecule has 0 bridgehead atoms. The predicted molar refractivity (Wildman–Crippen MR) is 95.6 cm³/mol. The molecule has 1 aromatic heterocycles. The smallest absolute Gasteiger partial charge is 0.194 e. The number of nitrogens with one attached hydrogen (secondary N) is 1. The number of hydrogen-bond acceptors (Lipinski definition) is 3. The first-order valence-corrected chi connectivity index (χ1v) is 9.02. The average Bonchev–Trinajstić information content (AvgIpc) is 2.62. The van der Waals surface area contributed by atoms with Crippen molar-refractivity contribution in [2.45, 2.75) is 56.9 Å². The van der Waals surface area contributed by atoms with E-state index in [0.29, 0.717) is 5.96 Å². The Morgan fingerprint density at radius 3 is 2.57 bits per heavy atom. The monoisotopic (exact) mass is 315 g/mol. The van der Waals surface area contributed by atoms with Crippen LogP contribution in [0.4, 0.5) is 5.82 Å². The zero-order chi connectivity index (χ0) is 16.0. The van der Waals surface area contributed by atoms with Gasteiger partial charge in [0.1, 0.15) is 5.82 Å². The van der Waals surface area contributed by atoms with Crippen LogP contribution in [0.15, 0.2) is 29.4 Å². The van der Waals surface area contributed by atoms with Crippen molar-refractivity contribution in [1.29, 1.82) is 0 Å². The highest BCUT2D eigenvalue weighted by atomic mass is 15.2. The summed E-state index contributed by atoms with van der Waals surface area (Å²) in [6.07, 6.45) is 12.3. The van der Waals surface area contributed by atoms with Crippen LogP contribution in [0.5, 0.6) is 0 Å². The molecule has 126 valence electrons. The lowest BCUT2D eigenvalue weighted by atomic mass is 9.79. The Hall–Kier alpha value is -1.62. The molecule has 3 N–H and O–H groups in total. The molecule has 1 saturated heterocycles. The number of aliphatic imine (C=N–C) groups is 1. The number of piperidine rings is 1. The molecule has 1 saturated carbocycles. The fourth-order valence-electron chi connectivity index (χ4n) is 3.99. The molecule has 0 atom stereocenters. The standard InChI is InChI=1S/C18H29N5/c19-17(22-16-9-3-6-12-20-16)21-15-18(10-4-1-5-11-18)23-13-7-2-8-14-23/h3,6,9,12H,1-2,4-5,7-8,10-11,13-15H2,(H3,19,20,21,22). The number of hydrogen-bond donors (Lipinski definition) is 2. The topological polar surface area (TPSA) is 66.5 Å². The highest BCUT2D eigenvalue weighted by molar-refractivity contribution is 5.91. The van der Waals surface area contributed by atoms with Crippen molar-refractivity contribution in [2.24, 2.45) is 10.7 Å². The molecular weight excluding hydrogens is 286 g/mol. The largest absolute Gasteiger partial charge is 0.370 e. The van der Waals surface area contributed by atoms with Gasteiger partial charge in [-0.1, -0.05) is 31.7 Å². The van der Waals surface area contributed by atoms with E-state index in [0.717, 1.165) is 12.4 Å². The first-order chi connectivity index (χ1) is 11.3. The molecule has 2 aliphatic rings. The van der Waals surface area contributed by atoms with Gasteiger partial charge in [0.25, 0.3) is 0 Å². The number of pyridine rings is 1. The second-order valence-corrected chi connectivity index (χ2v) is 6.87. The highest BCUT2D eigenvalue weighted by Crippen LogP contribution is 2.35. The Kier molecular flexibility index (Phi) is 5.49.